The van der Waals surface area contributed by atoms with Crippen LogP contribution in [0, 0.1) is 12.7 Å². The van der Waals surface area contributed by atoms with Gasteiger partial charge in [-0.2, -0.15) is 5.10 Å². The maximum atomic E-state index is 13.6. The molecule has 0 aliphatic carbocycles. The van der Waals surface area contributed by atoms with Gasteiger partial charge in [0.05, 0.1) is 11.7 Å². The number of aromatic nitrogens is 4. The van der Waals surface area contributed by atoms with E-state index in [2.05, 4.69) is 10.1 Å². The number of fused-ring (bicyclic) bond motifs is 2. The first-order chi connectivity index (χ1) is 14.6. The minimum Gasteiger partial charge on any atom is -0.309 e. The van der Waals surface area contributed by atoms with E-state index in [4.69, 9.17) is 0 Å². The summed E-state index contributed by atoms with van der Waals surface area (Å²) < 4.78 is 16.9. The molecule has 1 aromatic carbocycles. The Labute approximate surface area is 180 Å². The van der Waals surface area contributed by atoms with Crippen LogP contribution >= 0.6 is 0 Å². The molecule has 0 bridgehead atoms. The van der Waals surface area contributed by atoms with E-state index in [1.54, 1.807) is 28.8 Å². The van der Waals surface area contributed by atoms with Gasteiger partial charge in [-0.3, -0.25) is 14.2 Å². The van der Waals surface area contributed by atoms with Gasteiger partial charge in [0.1, 0.15) is 17.0 Å². The number of anilines is 1. The van der Waals surface area contributed by atoms with Crippen LogP contribution in [0.4, 0.5) is 10.1 Å². The van der Waals surface area contributed by atoms with Crippen molar-refractivity contribution in [1.82, 2.24) is 19.3 Å². The van der Waals surface area contributed by atoms with Crippen LogP contribution in [-0.4, -0.2) is 31.3 Å². The molecule has 1 atom stereocenters. The predicted octanol–water partition coefficient (Wildman–Crippen LogP) is 3.55. The van der Waals surface area contributed by atoms with E-state index >= 15 is 0 Å². The smallest absolute Gasteiger partial charge is 0.264 e. The topological polar surface area (TPSA) is 73.0 Å². The summed E-state index contributed by atoms with van der Waals surface area (Å²) in [5.74, 6) is 0.167. The fourth-order valence-corrected chi connectivity index (χ4v) is 4.29. The normalized spacial score (nSPS) is 16.6. The maximum absolute atomic E-state index is 13.6. The van der Waals surface area contributed by atoms with Crippen LogP contribution < -0.4 is 10.5 Å². The Balaban J connectivity index is 1.61. The highest BCUT2D eigenvalue weighted by atomic mass is 19.1. The Bertz CT molecular complexity index is 1220. The summed E-state index contributed by atoms with van der Waals surface area (Å²) in [5.41, 5.74) is 1.66. The van der Waals surface area contributed by atoms with Gasteiger partial charge in [0.2, 0.25) is 5.91 Å². The molecule has 1 amide bonds. The molecule has 0 spiro atoms. The van der Waals surface area contributed by atoms with Crippen molar-refractivity contribution in [2.75, 3.05) is 4.90 Å². The second-order valence-electron chi connectivity index (χ2n) is 9.25. The average molecular weight is 426 g/mol. The quantitative estimate of drug-likeness (QED) is 0.643. The lowest BCUT2D eigenvalue weighted by Crippen LogP contribution is -2.42. The monoisotopic (exact) mass is 425 g/mol. The summed E-state index contributed by atoms with van der Waals surface area (Å²) in [7, 11) is 0. The second-order valence-corrected chi connectivity index (χ2v) is 9.25. The molecule has 1 aliphatic heterocycles. The highest BCUT2D eigenvalue weighted by Crippen LogP contribution is 2.31. The van der Waals surface area contributed by atoms with Crippen molar-refractivity contribution in [3.05, 3.63) is 52.0 Å². The SMILES string of the molecule is Cc1nc2c(cnn2C(C)(C)C)c(=O)n1CCC(=O)N1c2ccc(F)cc2CCC1C. The van der Waals surface area contributed by atoms with Gasteiger partial charge in [-0.05, 0) is 71.2 Å². The second kappa shape index (κ2) is 7.59. The van der Waals surface area contributed by atoms with Crippen LogP contribution in [0.25, 0.3) is 11.0 Å². The summed E-state index contributed by atoms with van der Waals surface area (Å²) >= 11 is 0. The van der Waals surface area contributed by atoms with Gasteiger partial charge >= 0.3 is 0 Å². The van der Waals surface area contributed by atoms with E-state index < -0.39 is 0 Å². The zero-order valence-corrected chi connectivity index (χ0v) is 18.6. The first kappa shape index (κ1) is 21.2. The van der Waals surface area contributed by atoms with Crippen molar-refractivity contribution < 1.29 is 9.18 Å². The van der Waals surface area contributed by atoms with E-state index in [0.29, 0.717) is 16.9 Å². The number of hydrogen-bond donors (Lipinski definition) is 0. The summed E-state index contributed by atoms with van der Waals surface area (Å²) in [6.07, 6.45) is 3.23. The standard InChI is InChI=1S/C23H28FN5O2/c1-14-6-7-16-12-17(24)8-9-19(16)28(14)20(30)10-11-27-15(2)26-21-18(22(27)31)13-25-29(21)23(3,4)5/h8-9,12-14H,6-7,10-11H2,1-5H3. The highest BCUT2D eigenvalue weighted by molar-refractivity contribution is 5.95. The van der Waals surface area contributed by atoms with E-state index in [-0.39, 0.29) is 41.8 Å². The fraction of sp³-hybridized carbons (Fsp3) is 0.478. The lowest BCUT2D eigenvalue weighted by atomic mass is 9.96. The Kier molecular flexibility index (Phi) is 5.19. The fourth-order valence-electron chi connectivity index (χ4n) is 4.29. The molecule has 4 rings (SSSR count). The van der Waals surface area contributed by atoms with Crippen molar-refractivity contribution >= 4 is 22.6 Å². The van der Waals surface area contributed by atoms with E-state index in [1.165, 1.54) is 16.7 Å². The number of aryl methyl sites for hydroxylation is 2. The Morgan fingerprint density at radius 1 is 1.29 bits per heavy atom. The Hall–Kier alpha value is -3.03. The van der Waals surface area contributed by atoms with Crippen LogP contribution in [-0.2, 0) is 23.3 Å². The third-order valence-corrected chi connectivity index (χ3v) is 5.90. The number of halogens is 1. The molecule has 31 heavy (non-hydrogen) atoms. The molecule has 1 aliphatic rings. The molecular formula is C23H28FN5O2. The highest BCUT2D eigenvalue weighted by Gasteiger charge is 2.28. The molecule has 0 fully saturated rings. The average Bonchev–Trinajstić information content (AvgIpc) is 3.12. The summed E-state index contributed by atoms with van der Waals surface area (Å²) in [6, 6.07) is 4.58. The minimum atomic E-state index is -0.299. The number of rotatable bonds is 3. The molecule has 3 aromatic rings. The lowest BCUT2D eigenvalue weighted by Gasteiger charge is -2.35. The van der Waals surface area contributed by atoms with Crippen molar-refractivity contribution in [3.63, 3.8) is 0 Å². The van der Waals surface area contributed by atoms with Gasteiger partial charge in [-0.1, -0.05) is 0 Å². The number of benzene rings is 1. The molecule has 1 unspecified atom stereocenters. The predicted molar refractivity (Wildman–Crippen MR) is 118 cm³/mol. The van der Waals surface area contributed by atoms with E-state index in [1.807, 2.05) is 27.7 Å². The molecule has 0 saturated heterocycles. The van der Waals surface area contributed by atoms with Crippen molar-refractivity contribution in [2.45, 2.75) is 72.0 Å². The molecule has 8 heteroatoms. The molecule has 0 N–H and O–H groups in total. The first-order valence-corrected chi connectivity index (χ1v) is 10.6. The van der Waals surface area contributed by atoms with Gasteiger partial charge < -0.3 is 4.90 Å². The molecule has 0 radical (unpaired) electrons. The summed E-state index contributed by atoms with van der Waals surface area (Å²) in [4.78, 5) is 32.6. The van der Waals surface area contributed by atoms with Gasteiger partial charge in [0.25, 0.3) is 5.56 Å². The summed E-state index contributed by atoms with van der Waals surface area (Å²) in [6.45, 7) is 10.0. The van der Waals surface area contributed by atoms with Gasteiger partial charge in [-0.15, -0.1) is 0 Å². The third kappa shape index (κ3) is 3.75. The van der Waals surface area contributed by atoms with E-state index in [0.717, 1.165) is 24.1 Å². The van der Waals surface area contributed by atoms with Crippen molar-refractivity contribution in [3.8, 4) is 0 Å². The van der Waals surface area contributed by atoms with Crippen molar-refractivity contribution in [1.29, 1.82) is 0 Å². The van der Waals surface area contributed by atoms with E-state index in [9.17, 15) is 14.0 Å². The van der Waals surface area contributed by atoms with Crippen molar-refractivity contribution in [2.24, 2.45) is 0 Å². The minimum absolute atomic E-state index is 0.0221. The molecule has 164 valence electrons. The van der Waals surface area contributed by atoms with Crippen LogP contribution in [0.2, 0.25) is 0 Å². The van der Waals surface area contributed by atoms with Crippen LogP contribution in [0.5, 0.6) is 0 Å². The lowest BCUT2D eigenvalue weighted by molar-refractivity contribution is -0.119. The molecule has 3 heterocycles. The number of nitrogens with zero attached hydrogens (tertiary/aromatic N) is 5. The maximum Gasteiger partial charge on any atom is 0.264 e. The molecule has 0 saturated carbocycles. The largest absolute Gasteiger partial charge is 0.309 e. The molecule has 7 nitrogen and oxygen atoms in total. The van der Waals surface area contributed by atoms with Gasteiger partial charge in [-0.25, -0.2) is 14.1 Å². The molecular weight excluding hydrogens is 397 g/mol. The number of carbonyl (C=O) groups excluding carboxylic acids is 1. The third-order valence-electron chi connectivity index (χ3n) is 5.90. The van der Waals surface area contributed by atoms with Crippen LogP contribution in [0.3, 0.4) is 0 Å². The Morgan fingerprint density at radius 2 is 2.03 bits per heavy atom. The zero-order chi connectivity index (χ0) is 22.5. The zero-order valence-electron chi connectivity index (χ0n) is 18.6. The number of amides is 1. The first-order valence-electron chi connectivity index (χ1n) is 10.6. The number of carbonyl (C=O) groups is 1. The molecule has 2 aromatic heterocycles. The Morgan fingerprint density at radius 3 is 2.74 bits per heavy atom. The van der Waals surface area contributed by atoms with Gasteiger partial charge in [0.15, 0.2) is 5.65 Å². The number of hydrogen-bond acceptors (Lipinski definition) is 4. The van der Waals surface area contributed by atoms with Gasteiger partial charge in [0, 0.05) is 24.7 Å². The van der Waals surface area contributed by atoms with Crippen LogP contribution in [0.15, 0.2) is 29.2 Å². The van der Waals surface area contributed by atoms with Crippen LogP contribution in [0.1, 0.15) is 51.9 Å². The summed E-state index contributed by atoms with van der Waals surface area (Å²) in [5, 5.41) is 4.80.